The number of esters is 1. The van der Waals surface area contributed by atoms with Crippen LogP contribution in [0.5, 0.6) is 5.75 Å². The van der Waals surface area contributed by atoms with Crippen LogP contribution in [0.2, 0.25) is 10.0 Å². The summed E-state index contributed by atoms with van der Waals surface area (Å²) in [6, 6.07) is 17.2. The first-order valence-corrected chi connectivity index (χ1v) is 16.8. The second-order valence-corrected chi connectivity index (χ2v) is 12.7. The molecule has 2 aromatic carbocycles. The van der Waals surface area contributed by atoms with Crippen LogP contribution in [0.1, 0.15) is 58.0 Å². The number of nitrogens with one attached hydrogen (secondary N) is 1. The van der Waals surface area contributed by atoms with Crippen molar-refractivity contribution in [2.24, 2.45) is 11.8 Å². The molecule has 3 N–H and O–H groups in total. The second kappa shape index (κ2) is 17.3. The number of rotatable bonds is 7. The summed E-state index contributed by atoms with van der Waals surface area (Å²) in [6.45, 7) is 2.08. The lowest BCUT2D eigenvalue weighted by atomic mass is 9.88. The molecule has 0 saturated carbocycles. The van der Waals surface area contributed by atoms with Gasteiger partial charge in [0, 0.05) is 56.0 Å². The van der Waals surface area contributed by atoms with E-state index in [9.17, 15) is 23.6 Å². The minimum atomic E-state index is -0.433. The van der Waals surface area contributed by atoms with Gasteiger partial charge in [0.05, 0.1) is 41.3 Å². The molecule has 2 aliphatic rings. The van der Waals surface area contributed by atoms with Gasteiger partial charge in [-0.2, -0.15) is 5.26 Å². The SMILES string of the molecule is COC(=O)c1ccc(N2CCC(Oc3cc(F)ccc3Cl)CC2)nc1.N#CC1CCN(c2ccc(C(=O)NN)cn2)C(c2cc(F)ccc2Cl)C1. The number of hydrazine groups is 1. The predicted molar refractivity (Wildman–Crippen MR) is 189 cm³/mol. The van der Waals surface area contributed by atoms with Gasteiger partial charge in [-0.05, 0) is 73.0 Å². The van der Waals surface area contributed by atoms with Crippen LogP contribution < -0.4 is 25.8 Å². The monoisotopic (exact) mass is 737 g/mol. The van der Waals surface area contributed by atoms with Crippen molar-refractivity contribution in [2.75, 3.05) is 36.5 Å². The molecule has 15 heteroatoms. The average Bonchev–Trinajstić information content (AvgIpc) is 3.17. The van der Waals surface area contributed by atoms with E-state index in [1.165, 1.54) is 55.9 Å². The van der Waals surface area contributed by atoms with Crippen LogP contribution in [-0.4, -0.2) is 54.7 Å². The maximum atomic E-state index is 13.8. The molecule has 0 spiro atoms. The predicted octanol–water partition coefficient (Wildman–Crippen LogP) is 6.67. The Hall–Kier alpha value is -5.03. The van der Waals surface area contributed by atoms with Gasteiger partial charge >= 0.3 is 5.97 Å². The van der Waals surface area contributed by atoms with Crippen molar-refractivity contribution in [1.29, 1.82) is 5.26 Å². The number of hydrogen-bond donors (Lipinski definition) is 2. The fourth-order valence-corrected chi connectivity index (χ4v) is 6.36. The number of pyridine rings is 2. The van der Waals surface area contributed by atoms with Crippen molar-refractivity contribution in [3.8, 4) is 11.8 Å². The highest BCUT2D eigenvalue weighted by Crippen LogP contribution is 2.39. The Morgan fingerprint density at radius 1 is 0.902 bits per heavy atom. The number of carbonyl (C=O) groups is 2. The fourth-order valence-electron chi connectivity index (χ4n) is 5.96. The number of halogens is 4. The van der Waals surface area contributed by atoms with Crippen molar-refractivity contribution >= 4 is 46.7 Å². The van der Waals surface area contributed by atoms with Gasteiger partial charge in [0.1, 0.15) is 35.1 Å². The van der Waals surface area contributed by atoms with Crippen molar-refractivity contribution in [2.45, 2.75) is 37.8 Å². The molecule has 0 aliphatic carbocycles. The van der Waals surface area contributed by atoms with E-state index in [2.05, 4.69) is 31.1 Å². The summed E-state index contributed by atoms with van der Waals surface area (Å²) in [6.07, 6.45) is 5.65. The number of piperidine rings is 2. The van der Waals surface area contributed by atoms with Gasteiger partial charge in [0.15, 0.2) is 0 Å². The largest absolute Gasteiger partial charge is 0.489 e. The van der Waals surface area contributed by atoms with Gasteiger partial charge in [-0.3, -0.25) is 10.2 Å². The maximum absolute atomic E-state index is 13.8. The zero-order valence-corrected chi connectivity index (χ0v) is 29.1. The molecular weight excluding hydrogens is 703 g/mol. The minimum absolute atomic E-state index is 0.0232. The van der Waals surface area contributed by atoms with Crippen LogP contribution in [0.4, 0.5) is 20.4 Å². The first kappa shape index (κ1) is 37.2. The summed E-state index contributed by atoms with van der Waals surface area (Å²) >= 11 is 12.3. The third-order valence-electron chi connectivity index (χ3n) is 8.66. The first-order valence-electron chi connectivity index (χ1n) is 16.1. The van der Waals surface area contributed by atoms with Gasteiger partial charge in [-0.1, -0.05) is 23.2 Å². The second-order valence-electron chi connectivity index (χ2n) is 11.9. The molecule has 0 radical (unpaired) electrons. The van der Waals surface area contributed by atoms with Crippen LogP contribution in [0.3, 0.4) is 0 Å². The van der Waals surface area contributed by atoms with Crippen molar-refractivity contribution < 1.29 is 27.8 Å². The number of nitrogen functional groups attached to an aromatic ring is 1. The Balaban J connectivity index is 0.000000198. The quantitative estimate of drug-likeness (QED) is 0.0913. The number of methoxy groups -OCH3 is 1. The Kier molecular flexibility index (Phi) is 12.6. The molecule has 266 valence electrons. The number of hydrogen-bond acceptors (Lipinski definition) is 10. The van der Waals surface area contributed by atoms with Crippen molar-refractivity contribution in [3.63, 3.8) is 0 Å². The molecule has 2 unspecified atom stereocenters. The average molecular weight is 739 g/mol. The Morgan fingerprint density at radius 3 is 2.18 bits per heavy atom. The van der Waals surface area contributed by atoms with Crippen LogP contribution in [-0.2, 0) is 4.74 Å². The van der Waals surface area contributed by atoms with E-state index in [0.717, 1.165) is 31.7 Å². The number of amides is 1. The lowest BCUT2D eigenvalue weighted by Gasteiger charge is -2.39. The number of carbonyl (C=O) groups excluding carboxylic acids is 2. The summed E-state index contributed by atoms with van der Waals surface area (Å²) in [4.78, 5) is 35.8. The molecule has 1 amide bonds. The number of nitriles is 1. The third-order valence-corrected chi connectivity index (χ3v) is 9.32. The topological polar surface area (TPSA) is 147 Å². The minimum Gasteiger partial charge on any atom is -0.489 e. The molecule has 4 heterocycles. The zero-order valence-electron chi connectivity index (χ0n) is 27.6. The van der Waals surface area contributed by atoms with Crippen LogP contribution in [0.15, 0.2) is 73.1 Å². The lowest BCUT2D eigenvalue weighted by Crippen LogP contribution is -2.38. The molecule has 51 heavy (non-hydrogen) atoms. The normalized spacial score (nSPS) is 17.4. The zero-order chi connectivity index (χ0) is 36.5. The van der Waals surface area contributed by atoms with Crippen molar-refractivity contribution in [1.82, 2.24) is 15.4 Å². The van der Waals surface area contributed by atoms with E-state index in [-0.39, 0.29) is 29.7 Å². The molecule has 2 aliphatic heterocycles. The molecule has 2 aromatic heterocycles. The molecule has 2 fully saturated rings. The van der Waals surface area contributed by atoms with E-state index in [1.807, 2.05) is 4.90 Å². The number of ether oxygens (including phenoxy) is 2. The summed E-state index contributed by atoms with van der Waals surface area (Å²) in [5.41, 5.74) is 3.43. The highest BCUT2D eigenvalue weighted by molar-refractivity contribution is 6.32. The van der Waals surface area contributed by atoms with Gasteiger partial charge in [0.2, 0.25) is 0 Å². The highest BCUT2D eigenvalue weighted by atomic mass is 35.5. The molecule has 2 saturated heterocycles. The molecule has 4 aromatic rings. The molecule has 2 atom stereocenters. The Bertz CT molecular complexity index is 1870. The highest BCUT2D eigenvalue weighted by Gasteiger charge is 2.32. The number of anilines is 2. The number of nitrogens with two attached hydrogens (primary N) is 1. The van der Waals surface area contributed by atoms with Crippen LogP contribution >= 0.6 is 23.2 Å². The fraction of sp³-hybridized carbons (Fsp3) is 0.306. The van der Waals surface area contributed by atoms with Crippen LogP contribution in [0.25, 0.3) is 0 Å². The van der Waals surface area contributed by atoms with Gasteiger partial charge in [-0.25, -0.2) is 29.4 Å². The van der Waals surface area contributed by atoms with Gasteiger partial charge < -0.3 is 19.3 Å². The van der Waals surface area contributed by atoms with E-state index < -0.39 is 11.9 Å². The maximum Gasteiger partial charge on any atom is 0.339 e. The van der Waals surface area contributed by atoms with E-state index in [0.29, 0.717) is 57.7 Å². The summed E-state index contributed by atoms with van der Waals surface area (Å²) in [7, 11) is 1.34. The number of nitrogens with zero attached hydrogens (tertiary/aromatic N) is 5. The molecular formula is C36H35Cl2F2N7O4. The lowest BCUT2D eigenvalue weighted by molar-refractivity contribution is 0.0600. The summed E-state index contributed by atoms with van der Waals surface area (Å²) in [5.74, 6) is 5.20. The number of benzene rings is 2. The Labute approximate surface area is 303 Å². The van der Waals surface area contributed by atoms with Crippen molar-refractivity contribution in [3.05, 3.63) is 111 Å². The van der Waals surface area contributed by atoms with E-state index >= 15 is 0 Å². The standard InChI is InChI=1S/C18H17ClFN5O.C18H18ClFN2O3/c19-15-3-2-13(20)8-14(15)16-7-11(9-21)5-6-25(16)17-4-1-12(10-23-17)18(26)24-22;1-24-18(23)12-2-5-17(21-11-12)22-8-6-14(7-9-22)25-16-10-13(20)3-4-15(16)19/h1-4,8,10-11,16H,5-7,22H2,(H,24,26);2-5,10-11,14H,6-9H2,1H3. The summed E-state index contributed by atoms with van der Waals surface area (Å²) in [5, 5.41) is 10.2. The van der Waals surface area contributed by atoms with Gasteiger partial charge in [-0.15, -0.1) is 0 Å². The van der Waals surface area contributed by atoms with Gasteiger partial charge in [0.25, 0.3) is 5.91 Å². The first-order chi connectivity index (χ1) is 24.6. The smallest absolute Gasteiger partial charge is 0.339 e. The molecule has 6 rings (SSSR count). The Morgan fingerprint density at radius 2 is 1.55 bits per heavy atom. The van der Waals surface area contributed by atoms with E-state index in [4.69, 9.17) is 33.8 Å². The van der Waals surface area contributed by atoms with Crippen LogP contribution in [0, 0.1) is 28.9 Å². The summed E-state index contributed by atoms with van der Waals surface area (Å²) < 4.78 is 37.6. The molecule has 11 nitrogen and oxygen atoms in total. The third kappa shape index (κ3) is 9.40. The molecule has 0 bridgehead atoms. The van der Waals surface area contributed by atoms with E-state index in [1.54, 1.807) is 24.3 Å². The number of aromatic nitrogens is 2.